The molecule has 2 heterocycles. The summed E-state index contributed by atoms with van der Waals surface area (Å²) in [6, 6.07) is 14.5. The number of aromatic nitrogens is 1. The van der Waals surface area contributed by atoms with Crippen molar-refractivity contribution in [2.24, 2.45) is 0 Å². The second-order valence-corrected chi connectivity index (χ2v) is 11.8. The first-order valence-corrected chi connectivity index (χ1v) is 14.0. The van der Waals surface area contributed by atoms with Crippen molar-refractivity contribution in [2.75, 3.05) is 30.4 Å². The zero-order valence-electron chi connectivity index (χ0n) is 22.4. The minimum atomic E-state index is -0.359. The van der Waals surface area contributed by atoms with Crippen molar-refractivity contribution in [3.05, 3.63) is 87.7 Å². The molecule has 39 heavy (non-hydrogen) atoms. The number of nitrogens with one attached hydrogen (secondary N) is 2. The molecule has 3 aromatic rings. The highest BCUT2D eigenvalue weighted by molar-refractivity contribution is 6.36. The van der Waals surface area contributed by atoms with Crippen molar-refractivity contribution >= 4 is 46.5 Å². The summed E-state index contributed by atoms with van der Waals surface area (Å²) in [6.07, 6.45) is 6.15. The van der Waals surface area contributed by atoms with Gasteiger partial charge in [0.1, 0.15) is 0 Å². The number of carbonyl (C=O) groups excluding carboxylic acids is 2. The van der Waals surface area contributed by atoms with Crippen molar-refractivity contribution in [3.8, 4) is 0 Å². The highest BCUT2D eigenvalue weighted by Gasteiger charge is 2.38. The number of urea groups is 1. The van der Waals surface area contributed by atoms with Crippen LogP contribution in [0.4, 0.5) is 16.2 Å². The SMILES string of the molecule is CN(C(=O)c1ccc2c(c1)C(NC(=O)Nc1ccc(Cl)cc1Cl)CC2(C)C)C1CCN(c2ccncc2)CC1. The molecule has 1 unspecified atom stereocenters. The molecule has 1 aliphatic heterocycles. The van der Waals surface area contributed by atoms with Crippen LogP contribution < -0.4 is 15.5 Å². The number of anilines is 2. The van der Waals surface area contributed by atoms with Crippen molar-refractivity contribution in [1.29, 1.82) is 0 Å². The lowest BCUT2D eigenvalue weighted by Crippen LogP contribution is -2.45. The van der Waals surface area contributed by atoms with Gasteiger partial charge >= 0.3 is 6.03 Å². The first-order chi connectivity index (χ1) is 18.6. The quantitative estimate of drug-likeness (QED) is 0.362. The van der Waals surface area contributed by atoms with Gasteiger partial charge in [-0.25, -0.2) is 4.79 Å². The van der Waals surface area contributed by atoms with Crippen LogP contribution in [0.25, 0.3) is 0 Å². The van der Waals surface area contributed by atoms with Crippen LogP contribution in [0.2, 0.25) is 10.0 Å². The summed E-state index contributed by atoms with van der Waals surface area (Å²) in [4.78, 5) is 34.8. The number of halogens is 2. The fourth-order valence-corrected chi connectivity index (χ4v) is 6.26. The molecule has 9 heteroatoms. The molecule has 2 aliphatic rings. The third kappa shape index (κ3) is 5.85. The lowest BCUT2D eigenvalue weighted by molar-refractivity contribution is 0.0709. The maximum Gasteiger partial charge on any atom is 0.319 e. The number of amides is 3. The van der Waals surface area contributed by atoms with E-state index in [4.69, 9.17) is 23.2 Å². The van der Waals surface area contributed by atoms with E-state index in [0.717, 1.165) is 43.5 Å². The largest absolute Gasteiger partial charge is 0.371 e. The topological polar surface area (TPSA) is 77.6 Å². The molecule has 204 valence electrons. The number of pyridine rings is 1. The Morgan fingerprint density at radius 1 is 1.03 bits per heavy atom. The van der Waals surface area contributed by atoms with Crippen LogP contribution in [-0.2, 0) is 5.41 Å². The predicted molar refractivity (Wildman–Crippen MR) is 157 cm³/mol. The molecule has 5 rings (SSSR count). The lowest BCUT2D eigenvalue weighted by atomic mass is 9.86. The number of piperidine rings is 1. The maximum atomic E-state index is 13.6. The van der Waals surface area contributed by atoms with Crippen LogP contribution >= 0.6 is 23.2 Å². The van der Waals surface area contributed by atoms with Gasteiger partial charge in [0.25, 0.3) is 5.91 Å². The fraction of sp³-hybridized carbons (Fsp3) is 0.367. The maximum absolute atomic E-state index is 13.6. The summed E-state index contributed by atoms with van der Waals surface area (Å²) in [6.45, 7) is 6.10. The Bertz CT molecular complexity index is 1370. The van der Waals surface area contributed by atoms with Crippen LogP contribution in [0.5, 0.6) is 0 Å². The Morgan fingerprint density at radius 3 is 2.44 bits per heavy atom. The molecule has 7 nitrogen and oxygen atoms in total. The van der Waals surface area contributed by atoms with Crippen LogP contribution in [0.1, 0.15) is 60.6 Å². The number of hydrogen-bond acceptors (Lipinski definition) is 4. The highest BCUT2D eigenvalue weighted by Crippen LogP contribution is 2.45. The standard InChI is InChI=1S/C30H33Cl2N5O2/c1-30(2)18-27(35-29(39)34-26-7-5-20(31)17-25(26)32)23-16-19(4-6-24(23)30)28(38)36(3)21-10-14-37(15-11-21)22-8-12-33-13-9-22/h4-9,12-13,16-17,21,27H,10-11,14-15,18H2,1-3H3,(H2,34,35,39). The van der Waals surface area contributed by atoms with E-state index in [1.165, 1.54) is 5.69 Å². The molecule has 1 fully saturated rings. The highest BCUT2D eigenvalue weighted by atomic mass is 35.5. The van der Waals surface area contributed by atoms with E-state index < -0.39 is 0 Å². The molecule has 1 aromatic heterocycles. The molecule has 1 aliphatic carbocycles. The lowest BCUT2D eigenvalue weighted by Gasteiger charge is -2.38. The summed E-state index contributed by atoms with van der Waals surface area (Å²) < 4.78 is 0. The summed E-state index contributed by atoms with van der Waals surface area (Å²) >= 11 is 12.2. The van der Waals surface area contributed by atoms with Gasteiger partial charge in [0.15, 0.2) is 0 Å². The van der Waals surface area contributed by atoms with E-state index in [1.807, 2.05) is 54.7 Å². The van der Waals surface area contributed by atoms with Gasteiger partial charge < -0.3 is 20.4 Å². The van der Waals surface area contributed by atoms with Gasteiger partial charge in [0.05, 0.1) is 16.8 Å². The molecule has 0 bridgehead atoms. The van der Waals surface area contributed by atoms with E-state index in [1.54, 1.807) is 18.2 Å². The van der Waals surface area contributed by atoms with Gasteiger partial charge in [-0.3, -0.25) is 9.78 Å². The van der Waals surface area contributed by atoms with Crippen molar-refractivity contribution in [2.45, 2.75) is 50.6 Å². The minimum Gasteiger partial charge on any atom is -0.371 e. The number of benzene rings is 2. The third-order valence-corrected chi connectivity index (χ3v) is 8.51. The molecule has 2 N–H and O–H groups in total. The minimum absolute atomic E-state index is 0.000940. The number of rotatable bonds is 5. The number of fused-ring (bicyclic) bond motifs is 1. The van der Waals surface area contributed by atoms with E-state index >= 15 is 0 Å². The molecule has 1 atom stereocenters. The third-order valence-electron chi connectivity index (χ3n) is 7.96. The second kappa shape index (κ2) is 11.1. The summed E-state index contributed by atoms with van der Waals surface area (Å²) in [5.41, 5.74) is 4.26. The second-order valence-electron chi connectivity index (χ2n) is 11.0. The van der Waals surface area contributed by atoms with Gasteiger partial charge in [-0.2, -0.15) is 0 Å². The Morgan fingerprint density at radius 2 is 1.74 bits per heavy atom. The Labute approximate surface area is 239 Å². The van der Waals surface area contributed by atoms with Crippen molar-refractivity contribution in [3.63, 3.8) is 0 Å². The van der Waals surface area contributed by atoms with E-state index in [2.05, 4.69) is 34.4 Å². The summed E-state index contributed by atoms with van der Waals surface area (Å²) in [5.74, 6) is 0.000940. The average Bonchev–Trinajstić information content (AvgIpc) is 3.18. The van der Waals surface area contributed by atoms with E-state index in [-0.39, 0.29) is 29.4 Å². The van der Waals surface area contributed by atoms with Crippen molar-refractivity contribution < 1.29 is 9.59 Å². The molecule has 3 amide bonds. The normalized spacial score (nSPS) is 18.4. The van der Waals surface area contributed by atoms with E-state index in [0.29, 0.717) is 21.3 Å². The van der Waals surface area contributed by atoms with Crippen LogP contribution in [-0.4, -0.2) is 48.0 Å². The molecule has 0 spiro atoms. The Kier molecular flexibility index (Phi) is 7.74. The zero-order chi connectivity index (χ0) is 27.7. The van der Waals surface area contributed by atoms with Gasteiger partial charge in [-0.1, -0.05) is 43.1 Å². The first-order valence-electron chi connectivity index (χ1n) is 13.2. The van der Waals surface area contributed by atoms with Gasteiger partial charge in [-0.05, 0) is 78.3 Å². The predicted octanol–water partition coefficient (Wildman–Crippen LogP) is 6.67. The average molecular weight is 567 g/mol. The molecule has 2 aromatic carbocycles. The number of carbonyl (C=O) groups is 2. The molecular formula is C30H33Cl2N5O2. The first kappa shape index (κ1) is 27.3. The molecular weight excluding hydrogens is 533 g/mol. The molecule has 0 radical (unpaired) electrons. The van der Waals surface area contributed by atoms with Crippen LogP contribution in [0.15, 0.2) is 60.9 Å². The summed E-state index contributed by atoms with van der Waals surface area (Å²) in [7, 11) is 1.89. The Balaban J connectivity index is 1.27. The van der Waals surface area contributed by atoms with Gasteiger partial charge in [0, 0.05) is 54.8 Å². The van der Waals surface area contributed by atoms with Gasteiger partial charge in [0.2, 0.25) is 0 Å². The monoisotopic (exact) mass is 565 g/mol. The van der Waals surface area contributed by atoms with Crippen molar-refractivity contribution in [1.82, 2.24) is 15.2 Å². The summed E-state index contributed by atoms with van der Waals surface area (Å²) in [5, 5.41) is 6.76. The number of nitrogens with zero attached hydrogens (tertiary/aromatic N) is 3. The smallest absolute Gasteiger partial charge is 0.319 e. The van der Waals surface area contributed by atoms with Crippen LogP contribution in [0.3, 0.4) is 0 Å². The van der Waals surface area contributed by atoms with Crippen LogP contribution in [0, 0.1) is 0 Å². The number of hydrogen-bond donors (Lipinski definition) is 2. The molecule has 0 saturated carbocycles. The fourth-order valence-electron chi connectivity index (χ4n) is 5.80. The van der Waals surface area contributed by atoms with E-state index in [9.17, 15) is 9.59 Å². The Hall–Kier alpha value is -3.29. The molecule has 1 saturated heterocycles. The van der Waals surface area contributed by atoms with Gasteiger partial charge in [-0.15, -0.1) is 0 Å². The zero-order valence-corrected chi connectivity index (χ0v) is 23.9.